The van der Waals surface area contributed by atoms with Crippen molar-refractivity contribution >= 4 is 19.8 Å². The Kier molecular flexibility index (Phi) is 62.7. The van der Waals surface area contributed by atoms with E-state index in [1.54, 1.807) is 0 Å². The molecule has 0 rings (SSSR count). The van der Waals surface area contributed by atoms with Crippen molar-refractivity contribution in [3.63, 3.8) is 0 Å². The van der Waals surface area contributed by atoms with Gasteiger partial charge >= 0.3 is 19.8 Å². The molecule has 86 heavy (non-hydrogen) atoms. The highest BCUT2D eigenvalue weighted by Gasteiger charge is 2.27. The molecule has 10 heteroatoms. The molecule has 0 aromatic heterocycles. The highest BCUT2D eigenvalue weighted by atomic mass is 31.2. The molecule has 0 spiro atoms. The molecule has 0 radical (unpaired) electrons. The van der Waals surface area contributed by atoms with Gasteiger partial charge in [0.1, 0.15) is 19.8 Å². The molecule has 492 valence electrons. The Morgan fingerprint density at radius 3 is 0.988 bits per heavy atom. The standard InChI is InChI=1S/C76H130NO8P/c1-6-8-10-12-14-16-18-20-22-24-26-28-29-30-31-32-33-34-35-36-37-38-39-40-41-42-43-44-45-46-47-49-51-53-55-57-59-61-63-65-67-69-76(79)85-74(73-84-86(80,81)83-71-70-77(3,4)5)72-82-75(78)68-66-64-62-60-58-56-54-52-50-48-27-25-23-21-19-17-15-13-11-9-7-2/h8,10,14,16,19-22,25-28,30-31,33-34,36-37,39-40,42-43,74H,6-7,9,11-13,15,17-18,23-24,29,32,35,38,41,44-73H2,1-5H3/p+1/b10-8-,16-14-,21-19-,22-20-,27-25-,28-26-,31-30-,34-33-,37-36-,40-39-,43-42-. The fourth-order valence-corrected chi connectivity index (χ4v) is 10.1. The van der Waals surface area contributed by atoms with Crippen LogP contribution in [0.4, 0.5) is 0 Å². The van der Waals surface area contributed by atoms with Crippen LogP contribution >= 0.6 is 7.82 Å². The molecule has 0 aliphatic heterocycles. The van der Waals surface area contributed by atoms with Crippen molar-refractivity contribution in [2.24, 2.45) is 0 Å². The first-order chi connectivity index (χ1) is 42.0. The summed E-state index contributed by atoms with van der Waals surface area (Å²) in [4.78, 5) is 35.8. The van der Waals surface area contributed by atoms with Crippen LogP contribution in [0.3, 0.4) is 0 Å². The van der Waals surface area contributed by atoms with Gasteiger partial charge in [0.05, 0.1) is 27.7 Å². The first-order valence-electron chi connectivity index (χ1n) is 34.9. The third-order valence-electron chi connectivity index (χ3n) is 14.7. The van der Waals surface area contributed by atoms with Crippen LogP contribution < -0.4 is 0 Å². The number of phosphoric ester groups is 1. The van der Waals surface area contributed by atoms with Gasteiger partial charge in [-0.15, -0.1) is 0 Å². The maximum Gasteiger partial charge on any atom is 0.472 e. The number of ether oxygens (including phenoxy) is 2. The minimum atomic E-state index is -4.40. The fourth-order valence-electron chi connectivity index (χ4n) is 9.33. The van der Waals surface area contributed by atoms with Crippen molar-refractivity contribution < 1.29 is 42.1 Å². The van der Waals surface area contributed by atoms with Gasteiger partial charge in [-0.2, -0.15) is 0 Å². The fraction of sp³-hybridized carbons (Fsp3) is 0.684. The molecule has 0 aromatic carbocycles. The molecule has 0 aliphatic carbocycles. The monoisotopic (exact) mass is 1220 g/mol. The third kappa shape index (κ3) is 69.3. The smallest absolute Gasteiger partial charge is 0.462 e. The predicted octanol–water partition coefficient (Wildman–Crippen LogP) is 22.8. The quantitative estimate of drug-likeness (QED) is 0.0211. The summed E-state index contributed by atoms with van der Waals surface area (Å²) in [5.41, 5.74) is 0. The molecule has 9 nitrogen and oxygen atoms in total. The van der Waals surface area contributed by atoms with E-state index in [1.807, 2.05) is 21.1 Å². The summed E-state index contributed by atoms with van der Waals surface area (Å²) in [6, 6.07) is 0. The topological polar surface area (TPSA) is 108 Å². The molecule has 0 heterocycles. The van der Waals surface area contributed by atoms with E-state index in [9.17, 15) is 19.0 Å². The number of phosphoric acid groups is 1. The van der Waals surface area contributed by atoms with E-state index in [1.165, 1.54) is 148 Å². The van der Waals surface area contributed by atoms with Crippen LogP contribution in [-0.4, -0.2) is 74.9 Å². The van der Waals surface area contributed by atoms with Gasteiger partial charge in [0.15, 0.2) is 6.10 Å². The minimum Gasteiger partial charge on any atom is -0.462 e. The number of esters is 2. The Morgan fingerprint density at radius 1 is 0.372 bits per heavy atom. The van der Waals surface area contributed by atoms with Crippen LogP contribution in [-0.2, 0) is 32.7 Å². The zero-order valence-corrected chi connectivity index (χ0v) is 56.9. The zero-order chi connectivity index (χ0) is 62.6. The number of carbonyl (C=O) groups excluding carboxylic acids is 2. The summed E-state index contributed by atoms with van der Waals surface area (Å²) in [6.45, 7) is 4.31. The molecular formula is C76H131NO8P+. The molecule has 0 amide bonds. The number of hydrogen-bond acceptors (Lipinski definition) is 7. The lowest BCUT2D eigenvalue weighted by Gasteiger charge is -2.24. The van der Waals surface area contributed by atoms with Crippen LogP contribution in [0.15, 0.2) is 134 Å². The van der Waals surface area contributed by atoms with Crippen molar-refractivity contribution in [1.29, 1.82) is 0 Å². The van der Waals surface area contributed by atoms with Gasteiger partial charge in [0.2, 0.25) is 0 Å². The van der Waals surface area contributed by atoms with Crippen LogP contribution in [0.1, 0.15) is 284 Å². The van der Waals surface area contributed by atoms with Gasteiger partial charge in [-0.25, -0.2) is 4.57 Å². The second-order valence-electron chi connectivity index (χ2n) is 24.2. The highest BCUT2D eigenvalue weighted by Crippen LogP contribution is 2.43. The van der Waals surface area contributed by atoms with Crippen LogP contribution in [0.5, 0.6) is 0 Å². The Morgan fingerprint density at radius 2 is 0.663 bits per heavy atom. The Hall–Kier alpha value is -3.85. The average Bonchev–Trinajstić information content (AvgIpc) is 3.70. The van der Waals surface area contributed by atoms with Crippen molar-refractivity contribution in [2.45, 2.75) is 290 Å². The van der Waals surface area contributed by atoms with Gasteiger partial charge in [0, 0.05) is 12.8 Å². The van der Waals surface area contributed by atoms with Crippen molar-refractivity contribution in [2.75, 3.05) is 47.5 Å². The van der Waals surface area contributed by atoms with Gasteiger partial charge in [0.25, 0.3) is 0 Å². The summed E-state index contributed by atoms with van der Waals surface area (Å²) in [5.74, 6) is -0.803. The SMILES string of the molecule is CC/C=C\C/C=C\C/C=C\C/C=C\C/C=C\C/C=C\C/C=C\C/C=C\C/C=C\CCCCCCCCCCCCCCCC(=O)OC(COC(=O)CCCCCCCCCCC/C=C\C/C=C\CCCCCCC)COP(=O)(O)OCC[N+](C)(C)C. The third-order valence-corrected chi connectivity index (χ3v) is 15.6. The summed E-state index contributed by atoms with van der Waals surface area (Å²) < 4.78 is 34.7. The van der Waals surface area contributed by atoms with Gasteiger partial charge in [-0.3, -0.25) is 18.6 Å². The average molecular weight is 1220 g/mol. The summed E-state index contributed by atoms with van der Waals surface area (Å²) in [6.07, 6.45) is 95.5. The number of rotatable bonds is 63. The molecule has 2 atom stereocenters. The van der Waals surface area contributed by atoms with E-state index in [0.29, 0.717) is 17.4 Å². The van der Waals surface area contributed by atoms with E-state index in [-0.39, 0.29) is 32.0 Å². The number of hydrogen-bond donors (Lipinski definition) is 1. The first-order valence-corrected chi connectivity index (χ1v) is 36.4. The number of unbranched alkanes of at least 4 members (excludes halogenated alkanes) is 27. The molecule has 0 saturated carbocycles. The second kappa shape index (κ2) is 65.6. The highest BCUT2D eigenvalue weighted by molar-refractivity contribution is 7.47. The van der Waals surface area contributed by atoms with E-state index >= 15 is 0 Å². The molecule has 2 unspecified atom stereocenters. The summed E-state index contributed by atoms with van der Waals surface area (Å²) >= 11 is 0. The maximum atomic E-state index is 12.9. The molecule has 0 aromatic rings. The summed E-state index contributed by atoms with van der Waals surface area (Å²) in [7, 11) is 1.47. The van der Waals surface area contributed by atoms with E-state index in [4.69, 9.17) is 18.5 Å². The number of allylic oxidation sites excluding steroid dienone is 22. The van der Waals surface area contributed by atoms with E-state index in [0.717, 1.165) is 103 Å². The molecule has 0 bridgehead atoms. The molecule has 0 aliphatic rings. The lowest BCUT2D eigenvalue weighted by molar-refractivity contribution is -0.870. The zero-order valence-electron chi connectivity index (χ0n) is 56.0. The Balaban J connectivity index is 4.06. The van der Waals surface area contributed by atoms with Crippen molar-refractivity contribution in [1.82, 2.24) is 0 Å². The lowest BCUT2D eigenvalue weighted by atomic mass is 10.0. The number of carbonyl (C=O) groups is 2. The summed E-state index contributed by atoms with van der Waals surface area (Å²) in [5, 5.41) is 0. The van der Waals surface area contributed by atoms with Gasteiger partial charge in [-0.1, -0.05) is 289 Å². The Bertz CT molecular complexity index is 1910. The van der Waals surface area contributed by atoms with Crippen LogP contribution in [0, 0.1) is 0 Å². The molecule has 1 N–H and O–H groups in total. The van der Waals surface area contributed by atoms with E-state index < -0.39 is 26.5 Å². The van der Waals surface area contributed by atoms with Crippen LogP contribution in [0.25, 0.3) is 0 Å². The first kappa shape index (κ1) is 82.1. The van der Waals surface area contributed by atoms with Crippen LogP contribution in [0.2, 0.25) is 0 Å². The Labute approximate surface area is 530 Å². The number of quaternary nitrogens is 1. The van der Waals surface area contributed by atoms with Gasteiger partial charge < -0.3 is 18.9 Å². The maximum absolute atomic E-state index is 12.9. The number of nitrogens with zero attached hydrogens (tertiary/aromatic N) is 1. The molecule has 0 fully saturated rings. The van der Waals surface area contributed by atoms with Crippen molar-refractivity contribution in [3.8, 4) is 0 Å². The number of likely N-dealkylation sites (N-methyl/N-ethyl adjacent to an activating group) is 1. The molecule has 0 saturated heterocycles. The molecular weight excluding hydrogens is 1090 g/mol. The van der Waals surface area contributed by atoms with Crippen molar-refractivity contribution in [3.05, 3.63) is 134 Å². The van der Waals surface area contributed by atoms with Gasteiger partial charge in [-0.05, 0) is 116 Å². The largest absolute Gasteiger partial charge is 0.472 e. The second-order valence-corrected chi connectivity index (χ2v) is 25.6. The minimum absolute atomic E-state index is 0.0261. The van der Waals surface area contributed by atoms with E-state index in [2.05, 4.69) is 148 Å². The lowest BCUT2D eigenvalue weighted by Crippen LogP contribution is -2.37. The normalized spacial score (nSPS) is 14.0. The predicted molar refractivity (Wildman–Crippen MR) is 371 cm³/mol.